The Balaban J connectivity index is 1.67. The maximum atomic E-state index is 13.7. The van der Waals surface area contributed by atoms with Gasteiger partial charge in [0.05, 0.1) is 5.56 Å². The highest BCUT2D eigenvalue weighted by atomic mass is 79.9. The van der Waals surface area contributed by atoms with Gasteiger partial charge < -0.3 is 9.64 Å². The molecule has 0 aliphatic rings. The molecule has 132 valence electrons. The van der Waals surface area contributed by atoms with Crippen molar-refractivity contribution in [3.63, 3.8) is 0 Å². The molecule has 0 unspecified atom stereocenters. The Hall–Kier alpha value is -2.73. The fourth-order valence-corrected chi connectivity index (χ4v) is 2.77. The number of amides is 1. The Bertz CT molecular complexity index is 916. The average molecular weight is 415 g/mol. The van der Waals surface area contributed by atoms with Gasteiger partial charge in [-0.3, -0.25) is 4.79 Å². The molecule has 4 nitrogen and oxygen atoms in total. The fraction of sp³-hybridized carbons (Fsp3) is 0.100. The van der Waals surface area contributed by atoms with Gasteiger partial charge in [-0.05, 0) is 30.3 Å². The number of benzene rings is 2. The summed E-state index contributed by atoms with van der Waals surface area (Å²) in [7, 11) is 1.63. The van der Waals surface area contributed by atoms with Gasteiger partial charge in [-0.15, -0.1) is 0 Å². The SMILES string of the molecule is CN(Cc1ccccc1F)C(=O)c1ccc(Oc2cccc(Br)c2)nc1. The molecule has 0 bridgehead atoms. The third kappa shape index (κ3) is 4.46. The van der Waals surface area contributed by atoms with Gasteiger partial charge in [-0.25, -0.2) is 9.37 Å². The zero-order valence-electron chi connectivity index (χ0n) is 14.0. The summed E-state index contributed by atoms with van der Waals surface area (Å²) in [6.07, 6.45) is 1.45. The van der Waals surface area contributed by atoms with Gasteiger partial charge in [0.2, 0.25) is 5.88 Å². The van der Waals surface area contributed by atoms with E-state index in [4.69, 9.17) is 4.74 Å². The topological polar surface area (TPSA) is 42.4 Å². The van der Waals surface area contributed by atoms with Crippen molar-refractivity contribution < 1.29 is 13.9 Å². The first-order valence-corrected chi connectivity index (χ1v) is 8.70. The number of rotatable bonds is 5. The quantitative estimate of drug-likeness (QED) is 0.586. The molecule has 2 aromatic carbocycles. The molecule has 1 heterocycles. The van der Waals surface area contributed by atoms with Crippen LogP contribution >= 0.6 is 15.9 Å². The summed E-state index contributed by atoms with van der Waals surface area (Å²) >= 11 is 3.38. The Morgan fingerprint density at radius 3 is 2.65 bits per heavy atom. The van der Waals surface area contributed by atoms with E-state index in [1.807, 2.05) is 24.3 Å². The van der Waals surface area contributed by atoms with Crippen molar-refractivity contribution in [1.82, 2.24) is 9.88 Å². The lowest BCUT2D eigenvalue weighted by atomic mass is 10.2. The van der Waals surface area contributed by atoms with Crippen LogP contribution in [0.1, 0.15) is 15.9 Å². The highest BCUT2D eigenvalue weighted by molar-refractivity contribution is 9.10. The Morgan fingerprint density at radius 1 is 1.15 bits per heavy atom. The van der Waals surface area contributed by atoms with Crippen LogP contribution in [0.2, 0.25) is 0 Å². The summed E-state index contributed by atoms with van der Waals surface area (Å²) in [4.78, 5) is 18.1. The number of halogens is 2. The predicted molar refractivity (Wildman–Crippen MR) is 101 cm³/mol. The van der Waals surface area contributed by atoms with E-state index in [9.17, 15) is 9.18 Å². The minimum absolute atomic E-state index is 0.182. The van der Waals surface area contributed by atoms with Gasteiger partial charge in [-0.1, -0.05) is 40.2 Å². The molecule has 0 saturated heterocycles. The lowest BCUT2D eigenvalue weighted by molar-refractivity contribution is 0.0783. The minimum Gasteiger partial charge on any atom is -0.439 e. The smallest absolute Gasteiger partial charge is 0.255 e. The third-order valence-corrected chi connectivity index (χ3v) is 4.21. The Morgan fingerprint density at radius 2 is 1.96 bits per heavy atom. The van der Waals surface area contributed by atoms with Gasteiger partial charge in [0.15, 0.2) is 0 Å². The van der Waals surface area contributed by atoms with Gasteiger partial charge in [0, 0.05) is 35.9 Å². The first-order valence-electron chi connectivity index (χ1n) is 7.91. The summed E-state index contributed by atoms with van der Waals surface area (Å²) < 4.78 is 20.3. The van der Waals surface area contributed by atoms with Gasteiger partial charge in [0.25, 0.3) is 5.91 Å². The molecule has 0 N–H and O–H groups in total. The summed E-state index contributed by atoms with van der Waals surface area (Å²) in [5.41, 5.74) is 0.872. The maximum absolute atomic E-state index is 13.7. The summed E-state index contributed by atoms with van der Waals surface area (Å²) in [5, 5.41) is 0. The van der Waals surface area contributed by atoms with E-state index in [1.54, 1.807) is 37.4 Å². The minimum atomic E-state index is -0.331. The van der Waals surface area contributed by atoms with Crippen LogP contribution in [0.15, 0.2) is 71.3 Å². The standard InChI is InChI=1S/C20H16BrFN2O2/c1-24(13-15-5-2-3-8-18(15)22)20(25)14-9-10-19(23-12-14)26-17-7-4-6-16(21)11-17/h2-12H,13H2,1H3. The van der Waals surface area contributed by atoms with Crippen LogP contribution in [0, 0.1) is 5.82 Å². The number of carbonyl (C=O) groups is 1. The van der Waals surface area contributed by atoms with Crippen LogP contribution in [0.3, 0.4) is 0 Å². The zero-order valence-corrected chi connectivity index (χ0v) is 15.6. The van der Waals surface area contributed by atoms with E-state index < -0.39 is 0 Å². The number of hydrogen-bond donors (Lipinski definition) is 0. The van der Waals surface area contributed by atoms with Crippen LogP contribution < -0.4 is 4.74 Å². The van der Waals surface area contributed by atoms with Crippen LogP contribution in [-0.4, -0.2) is 22.8 Å². The highest BCUT2D eigenvalue weighted by Gasteiger charge is 2.14. The molecule has 0 saturated carbocycles. The molecular formula is C20H16BrFN2O2. The van der Waals surface area contributed by atoms with E-state index in [1.165, 1.54) is 17.2 Å². The molecule has 0 spiro atoms. The average Bonchev–Trinajstić information content (AvgIpc) is 2.64. The molecule has 0 fully saturated rings. The normalized spacial score (nSPS) is 10.4. The largest absolute Gasteiger partial charge is 0.439 e. The molecule has 1 aromatic heterocycles. The van der Waals surface area contributed by atoms with Gasteiger partial charge >= 0.3 is 0 Å². The molecular weight excluding hydrogens is 399 g/mol. The van der Waals surface area contributed by atoms with E-state index in [2.05, 4.69) is 20.9 Å². The molecule has 1 amide bonds. The highest BCUT2D eigenvalue weighted by Crippen LogP contribution is 2.23. The van der Waals surface area contributed by atoms with Crippen LogP contribution in [-0.2, 0) is 6.54 Å². The van der Waals surface area contributed by atoms with Gasteiger partial charge in [-0.2, -0.15) is 0 Å². The molecule has 26 heavy (non-hydrogen) atoms. The lowest BCUT2D eigenvalue weighted by Gasteiger charge is -2.17. The number of carbonyl (C=O) groups excluding carboxylic acids is 1. The molecule has 0 aliphatic carbocycles. The van der Waals surface area contributed by atoms with Crippen LogP contribution in [0.25, 0.3) is 0 Å². The predicted octanol–water partition coefficient (Wildman–Crippen LogP) is 5.05. The van der Waals surface area contributed by atoms with Crippen molar-refractivity contribution in [2.24, 2.45) is 0 Å². The van der Waals surface area contributed by atoms with E-state index in [-0.39, 0.29) is 18.3 Å². The summed E-state index contributed by atoms with van der Waals surface area (Å²) in [5.74, 6) is 0.455. The fourth-order valence-electron chi connectivity index (χ4n) is 2.39. The van der Waals surface area contributed by atoms with Crippen molar-refractivity contribution in [2.75, 3.05) is 7.05 Å². The molecule has 0 aliphatic heterocycles. The zero-order chi connectivity index (χ0) is 18.5. The second-order valence-corrected chi connectivity index (χ2v) is 6.61. The number of ether oxygens (including phenoxy) is 1. The van der Waals surface area contributed by atoms with E-state index >= 15 is 0 Å². The molecule has 0 radical (unpaired) electrons. The second-order valence-electron chi connectivity index (χ2n) is 5.70. The third-order valence-electron chi connectivity index (χ3n) is 3.71. The molecule has 3 aromatic rings. The van der Waals surface area contributed by atoms with E-state index in [0.717, 1.165) is 4.47 Å². The molecule has 3 rings (SSSR count). The van der Waals surface area contributed by atoms with E-state index in [0.29, 0.717) is 22.8 Å². The lowest BCUT2D eigenvalue weighted by Crippen LogP contribution is -2.26. The monoisotopic (exact) mass is 414 g/mol. The van der Waals surface area contributed by atoms with Crippen molar-refractivity contribution in [1.29, 1.82) is 0 Å². The van der Waals surface area contributed by atoms with Crippen molar-refractivity contribution in [3.05, 3.63) is 88.3 Å². The first kappa shape index (κ1) is 18.1. The molecule has 6 heteroatoms. The van der Waals surface area contributed by atoms with Gasteiger partial charge in [0.1, 0.15) is 11.6 Å². The number of hydrogen-bond acceptors (Lipinski definition) is 3. The van der Waals surface area contributed by atoms with Crippen molar-refractivity contribution in [3.8, 4) is 11.6 Å². The second kappa shape index (κ2) is 8.10. The number of aromatic nitrogens is 1. The van der Waals surface area contributed by atoms with Crippen molar-refractivity contribution >= 4 is 21.8 Å². The first-order chi connectivity index (χ1) is 12.5. The molecule has 0 atom stereocenters. The Kier molecular flexibility index (Phi) is 5.63. The summed E-state index contributed by atoms with van der Waals surface area (Å²) in [6, 6.07) is 17.1. The Labute approximate surface area is 159 Å². The van der Waals surface area contributed by atoms with Crippen LogP contribution in [0.4, 0.5) is 4.39 Å². The van der Waals surface area contributed by atoms with Crippen molar-refractivity contribution in [2.45, 2.75) is 6.54 Å². The number of pyridine rings is 1. The number of nitrogens with zero attached hydrogens (tertiary/aromatic N) is 2. The maximum Gasteiger partial charge on any atom is 0.255 e. The summed E-state index contributed by atoms with van der Waals surface area (Å²) in [6.45, 7) is 0.182. The van der Waals surface area contributed by atoms with Crippen LogP contribution in [0.5, 0.6) is 11.6 Å².